The first-order valence-corrected chi connectivity index (χ1v) is 8.64. The Hall–Kier alpha value is -2.02. The Bertz CT molecular complexity index is 725. The SMILES string of the molecule is CS(=O)(=O)N1CCCc2cc(NC3=CC(=O)NC3)ccc21. The number of hydrogen-bond donors (Lipinski definition) is 2. The van der Waals surface area contributed by atoms with Gasteiger partial charge in [0.05, 0.1) is 18.5 Å². The highest BCUT2D eigenvalue weighted by atomic mass is 32.2. The average molecular weight is 307 g/mol. The predicted octanol–water partition coefficient (Wildman–Crippen LogP) is 0.824. The molecule has 2 N–H and O–H groups in total. The molecule has 1 aromatic carbocycles. The number of aryl methyl sites for hydroxylation is 1. The minimum atomic E-state index is -3.23. The van der Waals surface area contributed by atoms with Crippen LogP contribution >= 0.6 is 0 Å². The number of carbonyl (C=O) groups is 1. The number of anilines is 2. The monoisotopic (exact) mass is 307 g/mol. The lowest BCUT2D eigenvalue weighted by molar-refractivity contribution is -0.115. The highest BCUT2D eigenvalue weighted by molar-refractivity contribution is 7.92. The molecule has 0 saturated heterocycles. The Morgan fingerprint density at radius 1 is 1.33 bits per heavy atom. The van der Waals surface area contributed by atoms with Gasteiger partial charge in [0.2, 0.25) is 15.9 Å². The van der Waals surface area contributed by atoms with Crippen LogP contribution in [0.15, 0.2) is 30.0 Å². The van der Waals surface area contributed by atoms with Gasteiger partial charge in [0.25, 0.3) is 0 Å². The molecule has 0 aromatic heterocycles. The third-order valence-corrected chi connectivity index (χ3v) is 4.80. The summed E-state index contributed by atoms with van der Waals surface area (Å²) in [7, 11) is -3.23. The lowest BCUT2D eigenvalue weighted by atomic mass is 10.0. The van der Waals surface area contributed by atoms with E-state index in [1.54, 1.807) is 0 Å². The van der Waals surface area contributed by atoms with E-state index in [4.69, 9.17) is 0 Å². The molecule has 1 amide bonds. The van der Waals surface area contributed by atoms with E-state index in [1.165, 1.54) is 16.6 Å². The zero-order chi connectivity index (χ0) is 15.0. The Morgan fingerprint density at radius 3 is 2.81 bits per heavy atom. The van der Waals surface area contributed by atoms with Crippen LogP contribution in [-0.2, 0) is 21.2 Å². The molecule has 21 heavy (non-hydrogen) atoms. The lowest BCUT2D eigenvalue weighted by Gasteiger charge is -2.29. The van der Waals surface area contributed by atoms with Gasteiger partial charge in [0.1, 0.15) is 0 Å². The van der Waals surface area contributed by atoms with Gasteiger partial charge in [-0.05, 0) is 36.6 Å². The number of benzene rings is 1. The van der Waals surface area contributed by atoms with Crippen molar-refractivity contribution in [3.8, 4) is 0 Å². The first-order chi connectivity index (χ1) is 9.93. The molecule has 0 radical (unpaired) electrons. The van der Waals surface area contributed by atoms with Crippen molar-refractivity contribution in [1.82, 2.24) is 5.32 Å². The van der Waals surface area contributed by atoms with E-state index in [0.29, 0.717) is 13.1 Å². The molecule has 0 spiro atoms. The van der Waals surface area contributed by atoms with Crippen LogP contribution in [0.4, 0.5) is 11.4 Å². The minimum Gasteiger partial charge on any atom is -0.357 e. The average Bonchev–Trinajstić information content (AvgIpc) is 2.82. The Kier molecular flexibility index (Phi) is 3.36. The second-order valence-electron chi connectivity index (χ2n) is 5.29. The number of nitrogens with zero attached hydrogens (tertiary/aromatic N) is 1. The number of hydrogen-bond acceptors (Lipinski definition) is 4. The minimum absolute atomic E-state index is 0.0984. The van der Waals surface area contributed by atoms with Gasteiger partial charge in [0, 0.05) is 24.0 Å². The summed E-state index contributed by atoms with van der Waals surface area (Å²) in [5, 5.41) is 5.88. The second-order valence-corrected chi connectivity index (χ2v) is 7.20. The van der Waals surface area contributed by atoms with Crippen LogP contribution in [0.2, 0.25) is 0 Å². The zero-order valence-corrected chi connectivity index (χ0v) is 12.5. The van der Waals surface area contributed by atoms with Crippen molar-refractivity contribution in [2.45, 2.75) is 12.8 Å². The van der Waals surface area contributed by atoms with E-state index >= 15 is 0 Å². The summed E-state index contributed by atoms with van der Waals surface area (Å²) in [6, 6.07) is 5.62. The van der Waals surface area contributed by atoms with Crippen molar-refractivity contribution in [3.05, 3.63) is 35.5 Å². The van der Waals surface area contributed by atoms with Crippen LogP contribution in [0.5, 0.6) is 0 Å². The van der Waals surface area contributed by atoms with Crippen LogP contribution < -0.4 is 14.9 Å². The standard InChI is InChI=1S/C14H17N3O3S/c1-21(19,20)17-6-2-3-10-7-11(4-5-13(10)17)16-12-8-14(18)15-9-12/h4-5,7-8,16H,2-3,6,9H2,1H3,(H,15,18). The molecular weight excluding hydrogens is 290 g/mol. The van der Waals surface area contributed by atoms with Crippen LogP contribution in [-0.4, -0.2) is 33.7 Å². The second kappa shape index (κ2) is 5.07. The maximum absolute atomic E-state index is 11.8. The lowest BCUT2D eigenvalue weighted by Crippen LogP contribution is -2.34. The fourth-order valence-electron chi connectivity index (χ4n) is 2.69. The fourth-order valence-corrected chi connectivity index (χ4v) is 3.69. The number of nitrogens with one attached hydrogen (secondary N) is 2. The molecule has 3 rings (SSSR count). The summed E-state index contributed by atoms with van der Waals surface area (Å²) in [5.41, 5.74) is 3.45. The third kappa shape index (κ3) is 2.87. The molecule has 0 unspecified atom stereocenters. The topological polar surface area (TPSA) is 78.5 Å². The van der Waals surface area contributed by atoms with Crippen molar-refractivity contribution >= 4 is 27.3 Å². The first kappa shape index (κ1) is 13.9. The molecule has 0 atom stereocenters. The van der Waals surface area contributed by atoms with Gasteiger partial charge >= 0.3 is 0 Å². The Labute approximate surface area is 123 Å². The van der Waals surface area contributed by atoms with Crippen molar-refractivity contribution in [2.75, 3.05) is 29.0 Å². The van der Waals surface area contributed by atoms with Crippen molar-refractivity contribution < 1.29 is 13.2 Å². The molecule has 2 aliphatic heterocycles. The zero-order valence-electron chi connectivity index (χ0n) is 11.7. The van der Waals surface area contributed by atoms with E-state index in [2.05, 4.69) is 10.6 Å². The van der Waals surface area contributed by atoms with E-state index in [9.17, 15) is 13.2 Å². The predicted molar refractivity (Wildman–Crippen MR) is 81.7 cm³/mol. The van der Waals surface area contributed by atoms with Crippen LogP contribution in [0.3, 0.4) is 0 Å². The normalized spacial score (nSPS) is 18.0. The molecule has 7 heteroatoms. The number of rotatable bonds is 3. The van der Waals surface area contributed by atoms with Gasteiger partial charge in [-0.3, -0.25) is 9.10 Å². The van der Waals surface area contributed by atoms with E-state index in [1.807, 2.05) is 18.2 Å². The van der Waals surface area contributed by atoms with Gasteiger partial charge in [-0.2, -0.15) is 0 Å². The first-order valence-electron chi connectivity index (χ1n) is 6.79. The summed E-state index contributed by atoms with van der Waals surface area (Å²) in [6.07, 6.45) is 4.43. The molecule has 2 heterocycles. The largest absolute Gasteiger partial charge is 0.357 e. The molecule has 112 valence electrons. The summed E-state index contributed by atoms with van der Waals surface area (Å²) < 4.78 is 25.1. The molecule has 0 fully saturated rings. The third-order valence-electron chi connectivity index (χ3n) is 3.62. The van der Waals surface area contributed by atoms with Gasteiger partial charge in [0.15, 0.2) is 0 Å². The van der Waals surface area contributed by atoms with Gasteiger partial charge < -0.3 is 10.6 Å². The van der Waals surface area contributed by atoms with Crippen LogP contribution in [0.1, 0.15) is 12.0 Å². The highest BCUT2D eigenvalue weighted by Crippen LogP contribution is 2.31. The summed E-state index contributed by atoms with van der Waals surface area (Å²) in [5.74, 6) is -0.0984. The van der Waals surface area contributed by atoms with Crippen molar-refractivity contribution in [1.29, 1.82) is 0 Å². The van der Waals surface area contributed by atoms with E-state index in [0.717, 1.165) is 35.5 Å². The molecule has 0 aliphatic carbocycles. The molecule has 0 bridgehead atoms. The smallest absolute Gasteiger partial charge is 0.246 e. The number of amides is 1. The van der Waals surface area contributed by atoms with Crippen LogP contribution in [0, 0.1) is 0 Å². The quantitative estimate of drug-likeness (QED) is 0.867. The fraction of sp³-hybridized carbons (Fsp3) is 0.357. The summed E-state index contributed by atoms with van der Waals surface area (Å²) >= 11 is 0. The number of carbonyl (C=O) groups excluding carboxylic acids is 1. The molecule has 0 saturated carbocycles. The van der Waals surface area contributed by atoms with Gasteiger partial charge in [-0.25, -0.2) is 8.42 Å². The number of sulfonamides is 1. The molecule has 2 aliphatic rings. The van der Waals surface area contributed by atoms with Gasteiger partial charge in [-0.1, -0.05) is 0 Å². The van der Waals surface area contributed by atoms with E-state index < -0.39 is 10.0 Å². The molecule has 6 nitrogen and oxygen atoms in total. The summed E-state index contributed by atoms with van der Waals surface area (Å²) in [6.45, 7) is 1.02. The van der Waals surface area contributed by atoms with Crippen molar-refractivity contribution in [2.24, 2.45) is 0 Å². The Balaban J connectivity index is 1.88. The van der Waals surface area contributed by atoms with Gasteiger partial charge in [-0.15, -0.1) is 0 Å². The Morgan fingerprint density at radius 2 is 2.14 bits per heavy atom. The molecule has 1 aromatic rings. The van der Waals surface area contributed by atoms with Crippen LogP contribution in [0.25, 0.3) is 0 Å². The summed E-state index contributed by atoms with van der Waals surface area (Å²) in [4.78, 5) is 11.1. The van der Waals surface area contributed by atoms with E-state index in [-0.39, 0.29) is 5.91 Å². The highest BCUT2D eigenvalue weighted by Gasteiger charge is 2.24. The maximum Gasteiger partial charge on any atom is 0.246 e. The maximum atomic E-state index is 11.8. The van der Waals surface area contributed by atoms with Crippen molar-refractivity contribution in [3.63, 3.8) is 0 Å². The number of fused-ring (bicyclic) bond motifs is 1. The molecular formula is C14H17N3O3S.